The molecule has 1 aromatic heterocycles. The van der Waals surface area contributed by atoms with Gasteiger partial charge < -0.3 is 4.42 Å². The van der Waals surface area contributed by atoms with Gasteiger partial charge in [-0.1, -0.05) is 36.4 Å². The lowest BCUT2D eigenvalue weighted by Crippen LogP contribution is -2.45. The van der Waals surface area contributed by atoms with E-state index in [0.717, 1.165) is 12.1 Å². The Bertz CT molecular complexity index is 1440. The van der Waals surface area contributed by atoms with Crippen LogP contribution < -0.4 is 5.76 Å². The van der Waals surface area contributed by atoms with Gasteiger partial charge in [0.15, 0.2) is 0 Å². The molecule has 36 heavy (non-hydrogen) atoms. The van der Waals surface area contributed by atoms with Crippen LogP contribution in [0.4, 0.5) is 8.78 Å². The van der Waals surface area contributed by atoms with Crippen molar-refractivity contribution in [3.05, 3.63) is 106 Å². The fourth-order valence-corrected chi connectivity index (χ4v) is 7.86. The number of halogens is 2. The molecular weight excluding hydrogens is 486 g/mol. The Hall–Kier alpha value is -3.04. The zero-order chi connectivity index (χ0) is 25.7. The lowest BCUT2D eigenvalue weighted by molar-refractivity contribution is 0.182. The van der Waals surface area contributed by atoms with Gasteiger partial charge in [-0.05, 0) is 56.2 Å². The number of benzene rings is 2. The van der Waals surface area contributed by atoms with Gasteiger partial charge in [0.25, 0.3) is 0 Å². The number of H-pyrrole nitrogens is 1. The molecule has 3 aromatic rings. The quantitative estimate of drug-likeness (QED) is 0.460. The normalized spacial score (nSPS) is 27.9. The summed E-state index contributed by atoms with van der Waals surface area (Å²) in [5.41, 5.74) is -0.260. The van der Waals surface area contributed by atoms with Crippen LogP contribution in [0.2, 0.25) is 0 Å². The molecule has 1 aliphatic carbocycles. The molecule has 190 valence electrons. The minimum absolute atomic E-state index is 0.0364. The van der Waals surface area contributed by atoms with Crippen LogP contribution in [-0.2, 0) is 22.0 Å². The summed E-state index contributed by atoms with van der Waals surface area (Å²) in [7, 11) is -3.80. The Labute approximate surface area is 208 Å². The van der Waals surface area contributed by atoms with Crippen LogP contribution in [0.25, 0.3) is 0 Å². The second kappa shape index (κ2) is 9.12. The molecule has 2 aliphatic rings. The Kier molecular flexibility index (Phi) is 6.24. The maximum Gasteiger partial charge on any atom is 0.416 e. The van der Waals surface area contributed by atoms with Crippen LogP contribution in [0, 0.1) is 17.6 Å². The van der Waals surface area contributed by atoms with Crippen LogP contribution in [-0.4, -0.2) is 23.7 Å². The number of oxazole rings is 1. The number of nitrogens with one attached hydrogen (secondary N) is 1. The van der Waals surface area contributed by atoms with Crippen LogP contribution in [0.3, 0.4) is 0 Å². The summed E-state index contributed by atoms with van der Waals surface area (Å²) < 4.78 is 64.6. The van der Waals surface area contributed by atoms with Gasteiger partial charge in [0, 0.05) is 29.9 Å². The minimum Gasteiger partial charge on any atom is -0.412 e. The van der Waals surface area contributed by atoms with E-state index in [4.69, 9.17) is 4.42 Å². The van der Waals surface area contributed by atoms with E-state index in [9.17, 15) is 13.2 Å². The van der Waals surface area contributed by atoms with E-state index >= 15 is 8.78 Å². The Morgan fingerprint density at radius 3 is 2.53 bits per heavy atom. The maximum absolute atomic E-state index is 15.6. The molecule has 1 saturated carbocycles. The third-order valence-corrected chi connectivity index (χ3v) is 10.1. The Balaban J connectivity index is 1.49. The summed E-state index contributed by atoms with van der Waals surface area (Å²) in [6.07, 6.45) is 5.05. The molecule has 2 fully saturated rings. The average molecular weight is 515 g/mol. The number of aromatic amines is 1. The predicted octanol–water partition coefficient (Wildman–Crippen LogP) is 5.18. The van der Waals surface area contributed by atoms with E-state index in [1.807, 2.05) is 6.07 Å². The molecule has 0 spiro atoms. The van der Waals surface area contributed by atoms with Crippen LogP contribution in [0.5, 0.6) is 0 Å². The fourth-order valence-electron chi connectivity index (χ4n) is 5.67. The van der Waals surface area contributed by atoms with Crippen molar-refractivity contribution in [2.75, 3.05) is 0 Å². The van der Waals surface area contributed by atoms with E-state index in [0.29, 0.717) is 31.2 Å². The third-order valence-electron chi connectivity index (χ3n) is 7.72. The van der Waals surface area contributed by atoms with Crippen molar-refractivity contribution in [2.24, 2.45) is 5.92 Å². The van der Waals surface area contributed by atoms with E-state index in [-0.39, 0.29) is 35.4 Å². The van der Waals surface area contributed by atoms with Gasteiger partial charge >= 0.3 is 5.76 Å². The van der Waals surface area contributed by atoms with Crippen LogP contribution in [0.1, 0.15) is 60.3 Å². The van der Waals surface area contributed by atoms with Crippen molar-refractivity contribution >= 4 is 10.0 Å². The van der Waals surface area contributed by atoms with Crippen molar-refractivity contribution in [2.45, 2.75) is 55.9 Å². The highest BCUT2D eigenvalue weighted by Crippen LogP contribution is 2.53. The Morgan fingerprint density at radius 2 is 1.89 bits per heavy atom. The molecule has 0 bridgehead atoms. The molecule has 1 unspecified atom stereocenters. The highest BCUT2D eigenvalue weighted by molar-refractivity contribution is 7.89. The van der Waals surface area contributed by atoms with Crippen LogP contribution >= 0.6 is 0 Å². The molecule has 2 atom stereocenters. The molecule has 2 aromatic carbocycles. The summed E-state index contributed by atoms with van der Waals surface area (Å²) >= 11 is 0. The predicted molar refractivity (Wildman–Crippen MR) is 132 cm³/mol. The fraction of sp³-hybridized carbons (Fsp3) is 0.370. The molecule has 0 radical (unpaired) electrons. The van der Waals surface area contributed by atoms with Gasteiger partial charge in [-0.3, -0.25) is 4.98 Å². The molecule has 1 N–H and O–H groups in total. The molecule has 1 aliphatic heterocycles. The lowest BCUT2D eigenvalue weighted by Gasteiger charge is -2.45. The lowest BCUT2D eigenvalue weighted by atomic mass is 9.57. The van der Waals surface area contributed by atoms with Gasteiger partial charge in [0.05, 0.1) is 5.41 Å². The number of hydrogen-bond donors (Lipinski definition) is 1. The van der Waals surface area contributed by atoms with Crippen molar-refractivity contribution in [1.82, 2.24) is 9.29 Å². The smallest absolute Gasteiger partial charge is 0.412 e. The second-order valence-corrected chi connectivity index (χ2v) is 11.9. The summed E-state index contributed by atoms with van der Waals surface area (Å²) in [6, 6.07) is 10.8. The summed E-state index contributed by atoms with van der Waals surface area (Å²) in [5, 5.41) is -0.729. The number of allylic oxidation sites excluding steroid dienone is 1. The van der Waals surface area contributed by atoms with Gasteiger partial charge in [-0.2, -0.15) is 4.31 Å². The molecular formula is C27H28F2N2O4S. The van der Waals surface area contributed by atoms with Crippen molar-refractivity contribution in [3.63, 3.8) is 0 Å². The third kappa shape index (κ3) is 4.04. The van der Waals surface area contributed by atoms with Gasteiger partial charge in [-0.25, -0.2) is 22.0 Å². The maximum atomic E-state index is 15.6. The van der Waals surface area contributed by atoms with E-state index in [1.54, 1.807) is 37.3 Å². The molecule has 6 nitrogen and oxygen atoms in total. The molecule has 1 saturated heterocycles. The summed E-state index contributed by atoms with van der Waals surface area (Å²) in [4.78, 5) is 14.1. The van der Waals surface area contributed by atoms with Crippen LogP contribution in [0.15, 0.2) is 70.5 Å². The number of aromatic nitrogens is 1. The molecule has 2 heterocycles. The van der Waals surface area contributed by atoms with E-state index in [1.165, 1.54) is 10.5 Å². The summed E-state index contributed by atoms with van der Waals surface area (Å²) in [6.45, 7) is 5.30. The standard InChI is InChI=1S/C27H28F2N2O4S/c1-3-18-13-27(14-18,25-15-30-26(32)35-25)21-12-22(28)20(11-23(21)29)16-31-17(2)9-10-24(36(31,33)34)19-7-5-4-6-8-19/h3-8,11-12,15,17-18,24H,1,9-10,13-14,16H2,2H3,(H,30,32)/t17-,18-,24?,27+/m0/s1. The van der Waals surface area contributed by atoms with Crippen molar-refractivity contribution in [1.29, 1.82) is 0 Å². The summed E-state index contributed by atoms with van der Waals surface area (Å²) in [5.74, 6) is -1.72. The zero-order valence-electron chi connectivity index (χ0n) is 19.9. The minimum atomic E-state index is -3.80. The SMILES string of the molecule is C=C[C@H]1C[C@](c2c[nH]c(=O)o2)(c2cc(F)c(CN3[C@@H](C)CCC(c4ccccc4)S3(=O)=O)cc2F)C1. The van der Waals surface area contributed by atoms with E-state index in [2.05, 4.69) is 11.6 Å². The highest BCUT2D eigenvalue weighted by atomic mass is 32.2. The topological polar surface area (TPSA) is 83.4 Å². The highest BCUT2D eigenvalue weighted by Gasteiger charge is 2.50. The largest absolute Gasteiger partial charge is 0.416 e. The zero-order valence-corrected chi connectivity index (χ0v) is 20.7. The first-order valence-corrected chi connectivity index (χ1v) is 13.5. The van der Waals surface area contributed by atoms with Gasteiger partial charge in [-0.15, -0.1) is 6.58 Å². The number of nitrogens with zero attached hydrogens (tertiary/aromatic N) is 1. The first-order valence-electron chi connectivity index (χ1n) is 12.0. The molecule has 9 heteroatoms. The number of hydrogen-bond acceptors (Lipinski definition) is 4. The molecule has 5 rings (SSSR count). The van der Waals surface area contributed by atoms with Crippen molar-refractivity contribution in [3.8, 4) is 0 Å². The first kappa shape index (κ1) is 24.6. The molecule has 0 amide bonds. The Morgan fingerprint density at radius 1 is 1.17 bits per heavy atom. The van der Waals surface area contributed by atoms with E-state index < -0.39 is 38.1 Å². The monoisotopic (exact) mass is 514 g/mol. The van der Waals surface area contributed by atoms with Gasteiger partial charge in [0.1, 0.15) is 22.6 Å². The number of sulfonamides is 1. The number of rotatable bonds is 6. The second-order valence-electron chi connectivity index (χ2n) is 9.87. The van der Waals surface area contributed by atoms with Gasteiger partial charge in [0.2, 0.25) is 10.0 Å². The average Bonchev–Trinajstić information content (AvgIpc) is 3.25. The van der Waals surface area contributed by atoms with Crippen molar-refractivity contribution < 1.29 is 21.6 Å². The first-order chi connectivity index (χ1) is 17.2.